The van der Waals surface area contributed by atoms with Gasteiger partial charge in [0.15, 0.2) is 0 Å². The number of halogens is 1. The maximum Gasteiger partial charge on any atom is 0.253 e. The lowest BCUT2D eigenvalue weighted by atomic mass is 10.1. The van der Waals surface area contributed by atoms with E-state index in [0.717, 1.165) is 10.8 Å². The SMILES string of the molecule is O=C(NCCBr)c1cccc2nccnc12. The summed E-state index contributed by atoms with van der Waals surface area (Å²) >= 11 is 3.26. The number of fused-ring (bicyclic) bond motifs is 1. The average molecular weight is 280 g/mol. The number of hydrogen-bond donors (Lipinski definition) is 1. The van der Waals surface area contributed by atoms with Crippen LogP contribution in [0.5, 0.6) is 0 Å². The fourth-order valence-corrected chi connectivity index (χ4v) is 1.63. The second-order valence-electron chi connectivity index (χ2n) is 3.17. The highest BCUT2D eigenvalue weighted by Crippen LogP contribution is 2.13. The van der Waals surface area contributed by atoms with Gasteiger partial charge in [-0.3, -0.25) is 14.8 Å². The van der Waals surface area contributed by atoms with Gasteiger partial charge in [-0.1, -0.05) is 22.0 Å². The Bertz CT molecular complexity index is 510. The van der Waals surface area contributed by atoms with Gasteiger partial charge in [-0.25, -0.2) is 0 Å². The molecule has 0 radical (unpaired) electrons. The van der Waals surface area contributed by atoms with Gasteiger partial charge in [0.25, 0.3) is 5.91 Å². The van der Waals surface area contributed by atoms with E-state index in [1.807, 2.05) is 6.07 Å². The third kappa shape index (κ3) is 2.19. The molecule has 2 rings (SSSR count). The van der Waals surface area contributed by atoms with Crippen LogP contribution in [0.4, 0.5) is 0 Å². The molecule has 0 aliphatic heterocycles. The van der Waals surface area contributed by atoms with Gasteiger partial charge in [0.05, 0.1) is 11.1 Å². The van der Waals surface area contributed by atoms with Gasteiger partial charge in [-0.05, 0) is 12.1 Å². The van der Waals surface area contributed by atoms with Crippen molar-refractivity contribution in [3.05, 3.63) is 36.2 Å². The predicted octanol–water partition coefficient (Wildman–Crippen LogP) is 1.75. The Kier molecular flexibility index (Phi) is 3.46. The van der Waals surface area contributed by atoms with Crippen molar-refractivity contribution in [2.45, 2.75) is 0 Å². The third-order valence-electron chi connectivity index (χ3n) is 2.12. The van der Waals surface area contributed by atoms with Crippen LogP contribution in [-0.4, -0.2) is 27.7 Å². The van der Waals surface area contributed by atoms with Gasteiger partial charge in [-0.2, -0.15) is 0 Å². The highest BCUT2D eigenvalue weighted by Gasteiger charge is 2.09. The average Bonchev–Trinajstić information content (AvgIpc) is 2.35. The van der Waals surface area contributed by atoms with Crippen LogP contribution in [0.15, 0.2) is 30.6 Å². The third-order valence-corrected chi connectivity index (χ3v) is 2.52. The summed E-state index contributed by atoms with van der Waals surface area (Å²) in [6.45, 7) is 0.593. The smallest absolute Gasteiger partial charge is 0.253 e. The Morgan fingerprint density at radius 2 is 2.12 bits per heavy atom. The molecule has 16 heavy (non-hydrogen) atoms. The summed E-state index contributed by atoms with van der Waals surface area (Å²) in [6.07, 6.45) is 3.20. The highest BCUT2D eigenvalue weighted by atomic mass is 79.9. The number of alkyl halides is 1. The van der Waals surface area contributed by atoms with Crippen LogP contribution in [0.3, 0.4) is 0 Å². The number of carbonyl (C=O) groups excluding carboxylic acids is 1. The highest BCUT2D eigenvalue weighted by molar-refractivity contribution is 9.09. The number of aromatic nitrogens is 2. The molecule has 0 aliphatic rings. The summed E-state index contributed by atoms with van der Waals surface area (Å²) in [4.78, 5) is 20.1. The Morgan fingerprint density at radius 1 is 1.31 bits per heavy atom. The van der Waals surface area contributed by atoms with Gasteiger partial charge >= 0.3 is 0 Å². The first kappa shape index (κ1) is 11.0. The lowest BCUT2D eigenvalue weighted by Gasteiger charge is -2.05. The summed E-state index contributed by atoms with van der Waals surface area (Å²) in [7, 11) is 0. The molecule has 0 saturated heterocycles. The Morgan fingerprint density at radius 3 is 2.94 bits per heavy atom. The quantitative estimate of drug-likeness (QED) is 0.871. The fraction of sp³-hybridized carbons (Fsp3) is 0.182. The number of hydrogen-bond acceptors (Lipinski definition) is 3. The first-order valence-corrected chi connectivity index (χ1v) is 5.99. The minimum atomic E-state index is -0.120. The van der Waals surface area contributed by atoms with Crippen LogP contribution in [0.25, 0.3) is 11.0 Å². The van der Waals surface area contributed by atoms with Crippen molar-refractivity contribution in [1.82, 2.24) is 15.3 Å². The molecule has 2 aromatic rings. The number of amides is 1. The van der Waals surface area contributed by atoms with E-state index >= 15 is 0 Å². The molecular weight excluding hydrogens is 270 g/mol. The molecule has 0 fully saturated rings. The topological polar surface area (TPSA) is 54.9 Å². The van der Waals surface area contributed by atoms with Crippen LogP contribution < -0.4 is 5.32 Å². The normalized spacial score (nSPS) is 10.3. The minimum absolute atomic E-state index is 0.120. The molecule has 1 aromatic carbocycles. The first-order chi connectivity index (χ1) is 7.83. The summed E-state index contributed by atoms with van der Waals surface area (Å²) in [5.74, 6) is -0.120. The number of para-hydroxylation sites is 1. The van der Waals surface area contributed by atoms with E-state index in [2.05, 4.69) is 31.2 Å². The van der Waals surface area contributed by atoms with E-state index in [9.17, 15) is 4.79 Å². The molecule has 82 valence electrons. The molecule has 1 heterocycles. The summed E-state index contributed by atoms with van der Waals surface area (Å²) in [5, 5.41) is 3.52. The predicted molar refractivity (Wildman–Crippen MR) is 65.7 cm³/mol. The number of nitrogens with one attached hydrogen (secondary N) is 1. The molecule has 4 nitrogen and oxygen atoms in total. The minimum Gasteiger partial charge on any atom is -0.351 e. The van der Waals surface area contributed by atoms with Gasteiger partial charge in [0.1, 0.15) is 5.52 Å². The largest absolute Gasteiger partial charge is 0.351 e. The molecule has 1 aromatic heterocycles. The van der Waals surface area contributed by atoms with E-state index in [0.29, 0.717) is 17.6 Å². The molecule has 5 heteroatoms. The van der Waals surface area contributed by atoms with Crippen molar-refractivity contribution in [2.24, 2.45) is 0 Å². The van der Waals surface area contributed by atoms with Crippen molar-refractivity contribution in [2.75, 3.05) is 11.9 Å². The van der Waals surface area contributed by atoms with E-state index in [1.165, 1.54) is 0 Å². The van der Waals surface area contributed by atoms with Crippen molar-refractivity contribution < 1.29 is 4.79 Å². The van der Waals surface area contributed by atoms with E-state index in [4.69, 9.17) is 0 Å². The zero-order valence-corrected chi connectivity index (χ0v) is 10.1. The fourth-order valence-electron chi connectivity index (χ4n) is 1.43. The molecule has 0 saturated carbocycles. The summed E-state index contributed by atoms with van der Waals surface area (Å²) in [6, 6.07) is 5.39. The van der Waals surface area contributed by atoms with Crippen molar-refractivity contribution in [1.29, 1.82) is 0 Å². The van der Waals surface area contributed by atoms with Gasteiger partial charge < -0.3 is 5.32 Å². The molecule has 0 unspecified atom stereocenters. The number of carbonyl (C=O) groups is 1. The van der Waals surface area contributed by atoms with Crippen LogP contribution in [0, 0.1) is 0 Å². The summed E-state index contributed by atoms with van der Waals surface area (Å²) < 4.78 is 0. The zero-order valence-electron chi connectivity index (χ0n) is 8.48. The van der Waals surface area contributed by atoms with Gasteiger partial charge in [0, 0.05) is 24.3 Å². The second-order valence-corrected chi connectivity index (χ2v) is 3.97. The second kappa shape index (κ2) is 5.03. The Hall–Kier alpha value is -1.49. The first-order valence-electron chi connectivity index (χ1n) is 4.87. The lowest BCUT2D eigenvalue weighted by Crippen LogP contribution is -2.25. The van der Waals surface area contributed by atoms with E-state index in [-0.39, 0.29) is 5.91 Å². The van der Waals surface area contributed by atoms with Crippen molar-refractivity contribution in [3.8, 4) is 0 Å². The van der Waals surface area contributed by atoms with Crippen molar-refractivity contribution >= 4 is 32.9 Å². The van der Waals surface area contributed by atoms with Crippen LogP contribution >= 0.6 is 15.9 Å². The summed E-state index contributed by atoms with van der Waals surface area (Å²) in [5.41, 5.74) is 1.93. The van der Waals surface area contributed by atoms with Crippen LogP contribution in [0.1, 0.15) is 10.4 Å². The zero-order chi connectivity index (χ0) is 11.4. The number of nitrogens with zero attached hydrogens (tertiary/aromatic N) is 2. The van der Waals surface area contributed by atoms with Crippen molar-refractivity contribution in [3.63, 3.8) is 0 Å². The standard InChI is InChI=1S/C11H10BrN3O/c12-4-5-15-11(16)8-2-1-3-9-10(8)14-7-6-13-9/h1-3,6-7H,4-5H2,(H,15,16). The van der Waals surface area contributed by atoms with Crippen LogP contribution in [0.2, 0.25) is 0 Å². The van der Waals surface area contributed by atoms with Crippen LogP contribution in [-0.2, 0) is 0 Å². The van der Waals surface area contributed by atoms with E-state index < -0.39 is 0 Å². The maximum atomic E-state index is 11.8. The molecule has 0 atom stereocenters. The molecule has 1 amide bonds. The number of benzene rings is 1. The Balaban J connectivity index is 2.40. The maximum absolute atomic E-state index is 11.8. The molecule has 0 aliphatic carbocycles. The molecule has 1 N–H and O–H groups in total. The lowest BCUT2D eigenvalue weighted by molar-refractivity contribution is 0.0957. The Labute approximate surface area is 101 Å². The molecular formula is C11H10BrN3O. The molecule has 0 bridgehead atoms. The van der Waals surface area contributed by atoms with E-state index in [1.54, 1.807) is 24.5 Å². The van der Waals surface area contributed by atoms with Gasteiger partial charge in [0.2, 0.25) is 0 Å². The monoisotopic (exact) mass is 279 g/mol. The number of rotatable bonds is 3. The van der Waals surface area contributed by atoms with Gasteiger partial charge in [-0.15, -0.1) is 0 Å². The molecule has 0 spiro atoms.